The maximum absolute atomic E-state index is 12.9. The molecule has 3 aromatic carbocycles. The van der Waals surface area contributed by atoms with Crippen molar-refractivity contribution in [2.24, 2.45) is 7.05 Å². The monoisotopic (exact) mass is 501 g/mol. The fraction of sp³-hybridized carbons (Fsp3) is 0.0345. The first-order valence-corrected chi connectivity index (χ1v) is 12.0. The molecule has 3 heterocycles. The van der Waals surface area contributed by atoms with Crippen LogP contribution < -0.4 is 15.4 Å². The summed E-state index contributed by atoms with van der Waals surface area (Å²) in [7, 11) is 1.88. The van der Waals surface area contributed by atoms with Crippen LogP contribution in [0.4, 0.5) is 16.2 Å². The molecular weight excluding hydrogens is 478 g/mol. The summed E-state index contributed by atoms with van der Waals surface area (Å²) in [5.74, 6) is 1.23. The number of carbonyl (C=O) groups is 1. The Bertz CT molecular complexity index is 1740. The Morgan fingerprint density at radius 3 is 2.55 bits per heavy atom. The molecule has 6 rings (SSSR count). The predicted molar refractivity (Wildman–Crippen MR) is 147 cm³/mol. The third kappa shape index (κ3) is 4.80. The number of hydrogen-bond acceptors (Lipinski definition) is 5. The molecule has 0 aliphatic heterocycles. The Balaban J connectivity index is 1.22. The van der Waals surface area contributed by atoms with Crippen LogP contribution in [0, 0.1) is 0 Å². The third-order valence-electron chi connectivity index (χ3n) is 5.95. The molecule has 0 unspecified atom stereocenters. The van der Waals surface area contributed by atoms with Crippen LogP contribution in [0.3, 0.4) is 0 Å². The molecule has 0 saturated carbocycles. The van der Waals surface area contributed by atoms with Crippen LogP contribution in [0.1, 0.15) is 0 Å². The largest absolute Gasteiger partial charge is 0.455 e. The number of carbonyl (C=O) groups excluding carboxylic acids is 1. The number of rotatable bonds is 6. The lowest BCUT2D eigenvalue weighted by Gasteiger charge is -2.13. The number of anilines is 2. The summed E-state index contributed by atoms with van der Waals surface area (Å²) >= 11 is 0. The maximum Gasteiger partial charge on any atom is 0.323 e. The lowest BCUT2D eigenvalue weighted by atomic mass is 10.1. The van der Waals surface area contributed by atoms with Gasteiger partial charge in [-0.05, 0) is 42.5 Å². The Kier molecular flexibility index (Phi) is 5.99. The molecule has 9 nitrogen and oxygen atoms in total. The van der Waals surface area contributed by atoms with E-state index in [1.54, 1.807) is 29.2 Å². The van der Waals surface area contributed by atoms with Crippen molar-refractivity contribution in [3.05, 3.63) is 104 Å². The van der Waals surface area contributed by atoms with Gasteiger partial charge in [-0.2, -0.15) is 10.2 Å². The molecule has 0 spiro atoms. The van der Waals surface area contributed by atoms with Crippen molar-refractivity contribution >= 4 is 28.4 Å². The van der Waals surface area contributed by atoms with Crippen molar-refractivity contribution < 1.29 is 9.53 Å². The summed E-state index contributed by atoms with van der Waals surface area (Å²) < 4.78 is 7.70. The van der Waals surface area contributed by atoms with E-state index in [2.05, 4.69) is 30.9 Å². The number of ether oxygens (including phenoxy) is 1. The number of hydrogen-bond donors (Lipinski definition) is 3. The first-order chi connectivity index (χ1) is 18.6. The van der Waals surface area contributed by atoms with E-state index in [0.29, 0.717) is 28.5 Å². The average molecular weight is 502 g/mol. The number of benzene rings is 3. The average Bonchev–Trinajstić information content (AvgIpc) is 3.56. The number of aromatic nitrogens is 5. The van der Waals surface area contributed by atoms with Crippen LogP contribution in [0.5, 0.6) is 11.5 Å². The van der Waals surface area contributed by atoms with Gasteiger partial charge in [0.1, 0.15) is 11.4 Å². The van der Waals surface area contributed by atoms with Crippen molar-refractivity contribution in [2.45, 2.75) is 0 Å². The van der Waals surface area contributed by atoms with Gasteiger partial charge < -0.3 is 15.4 Å². The minimum atomic E-state index is -0.390. The molecule has 3 aromatic heterocycles. The first kappa shape index (κ1) is 23.0. The fourth-order valence-corrected chi connectivity index (χ4v) is 4.15. The van der Waals surface area contributed by atoms with E-state index in [1.165, 1.54) is 0 Å². The quantitative estimate of drug-likeness (QED) is 0.243. The van der Waals surface area contributed by atoms with E-state index in [-0.39, 0.29) is 0 Å². The third-order valence-corrected chi connectivity index (χ3v) is 5.95. The summed E-state index contributed by atoms with van der Waals surface area (Å²) in [6, 6.07) is 25.9. The molecule has 0 aliphatic carbocycles. The van der Waals surface area contributed by atoms with E-state index >= 15 is 0 Å². The van der Waals surface area contributed by atoms with Crippen LogP contribution in [-0.2, 0) is 7.05 Å². The van der Waals surface area contributed by atoms with E-state index in [0.717, 1.165) is 27.8 Å². The van der Waals surface area contributed by atoms with Crippen molar-refractivity contribution in [3.8, 4) is 33.9 Å². The SMILES string of the molecule is Cn1cc(-c2cnc3[nH]nc(-c4cccc(NC(=O)Nc5ccccc5Oc5ccccc5)c4)c3c2)cn1. The van der Waals surface area contributed by atoms with E-state index in [4.69, 9.17) is 4.74 Å². The number of pyridine rings is 1. The van der Waals surface area contributed by atoms with Gasteiger partial charge in [0, 0.05) is 47.2 Å². The predicted octanol–water partition coefficient (Wildman–Crippen LogP) is 6.46. The number of nitrogens with one attached hydrogen (secondary N) is 3. The fourth-order valence-electron chi connectivity index (χ4n) is 4.15. The molecule has 0 atom stereocenters. The second kappa shape index (κ2) is 9.90. The first-order valence-electron chi connectivity index (χ1n) is 12.0. The van der Waals surface area contributed by atoms with Crippen LogP contribution in [0.2, 0.25) is 0 Å². The van der Waals surface area contributed by atoms with Gasteiger partial charge in [0.25, 0.3) is 0 Å². The molecule has 2 amide bonds. The molecule has 186 valence electrons. The minimum absolute atomic E-state index is 0.390. The second-order valence-electron chi connectivity index (χ2n) is 8.67. The minimum Gasteiger partial charge on any atom is -0.455 e. The van der Waals surface area contributed by atoms with Gasteiger partial charge >= 0.3 is 6.03 Å². The number of fused-ring (bicyclic) bond motifs is 1. The van der Waals surface area contributed by atoms with Crippen LogP contribution in [0.15, 0.2) is 104 Å². The van der Waals surface area contributed by atoms with Gasteiger partial charge in [-0.3, -0.25) is 9.78 Å². The number of H-pyrrole nitrogens is 1. The van der Waals surface area contributed by atoms with Gasteiger partial charge in [-0.1, -0.05) is 42.5 Å². The van der Waals surface area contributed by atoms with E-state index < -0.39 is 6.03 Å². The van der Waals surface area contributed by atoms with Crippen LogP contribution >= 0.6 is 0 Å². The Morgan fingerprint density at radius 2 is 1.71 bits per heavy atom. The number of aryl methyl sites for hydroxylation is 1. The molecule has 0 radical (unpaired) electrons. The number of aromatic amines is 1. The highest BCUT2D eigenvalue weighted by atomic mass is 16.5. The number of amides is 2. The molecular formula is C29H23N7O2. The molecule has 0 fully saturated rings. The zero-order valence-corrected chi connectivity index (χ0v) is 20.4. The van der Waals surface area contributed by atoms with Gasteiger partial charge in [0.05, 0.1) is 11.9 Å². The van der Waals surface area contributed by atoms with Gasteiger partial charge in [-0.25, -0.2) is 9.78 Å². The highest BCUT2D eigenvalue weighted by molar-refractivity contribution is 6.01. The smallest absolute Gasteiger partial charge is 0.323 e. The molecule has 9 heteroatoms. The van der Waals surface area contributed by atoms with Crippen molar-refractivity contribution in [2.75, 3.05) is 10.6 Å². The summed E-state index contributed by atoms with van der Waals surface area (Å²) in [4.78, 5) is 17.4. The van der Waals surface area contributed by atoms with Gasteiger partial charge in [0.15, 0.2) is 11.4 Å². The summed E-state index contributed by atoms with van der Waals surface area (Å²) in [6.07, 6.45) is 5.53. The van der Waals surface area contributed by atoms with Crippen LogP contribution in [0.25, 0.3) is 33.4 Å². The van der Waals surface area contributed by atoms with Gasteiger partial charge in [0.2, 0.25) is 0 Å². The molecule has 38 heavy (non-hydrogen) atoms. The van der Waals surface area contributed by atoms with E-state index in [9.17, 15) is 4.79 Å². The number of urea groups is 1. The normalized spacial score (nSPS) is 10.9. The molecule has 6 aromatic rings. The summed E-state index contributed by atoms with van der Waals surface area (Å²) in [5, 5.41) is 18.4. The highest BCUT2D eigenvalue weighted by Gasteiger charge is 2.13. The standard InChI is InChI=1S/C29H23N7O2/c1-36-18-21(17-31-36)20-15-24-27(34-35-28(24)30-16-20)19-8-7-9-22(14-19)32-29(37)33-25-12-5-6-13-26(25)38-23-10-3-2-4-11-23/h2-18H,1H3,(H,30,34,35)(H2,32,33,37). The molecule has 0 saturated heterocycles. The van der Waals surface area contributed by atoms with Crippen molar-refractivity contribution in [1.29, 1.82) is 0 Å². The summed E-state index contributed by atoms with van der Waals surface area (Å²) in [5.41, 5.74) is 5.34. The zero-order chi connectivity index (χ0) is 25.9. The lowest BCUT2D eigenvalue weighted by Crippen LogP contribution is -2.19. The molecule has 0 bridgehead atoms. The lowest BCUT2D eigenvalue weighted by molar-refractivity contribution is 0.262. The Morgan fingerprint density at radius 1 is 0.868 bits per heavy atom. The molecule has 0 aliphatic rings. The van der Waals surface area contributed by atoms with Crippen molar-refractivity contribution in [1.82, 2.24) is 25.0 Å². The number of para-hydroxylation sites is 3. The summed E-state index contributed by atoms with van der Waals surface area (Å²) in [6.45, 7) is 0. The maximum atomic E-state index is 12.9. The molecule has 3 N–H and O–H groups in total. The highest BCUT2D eigenvalue weighted by Crippen LogP contribution is 2.31. The van der Waals surface area contributed by atoms with Crippen LogP contribution in [-0.4, -0.2) is 31.0 Å². The Labute approximate surface area is 218 Å². The zero-order valence-electron chi connectivity index (χ0n) is 20.4. The van der Waals surface area contributed by atoms with Gasteiger partial charge in [-0.15, -0.1) is 0 Å². The topological polar surface area (TPSA) is 110 Å². The second-order valence-corrected chi connectivity index (χ2v) is 8.67. The Hall–Kier alpha value is -5.44. The van der Waals surface area contributed by atoms with E-state index in [1.807, 2.05) is 86.0 Å². The number of nitrogens with zero attached hydrogens (tertiary/aromatic N) is 4. The van der Waals surface area contributed by atoms with Crippen molar-refractivity contribution in [3.63, 3.8) is 0 Å².